The van der Waals surface area contributed by atoms with Crippen LogP contribution in [-0.2, 0) is 14.4 Å². The number of hydrogen-bond acceptors (Lipinski definition) is 4. The van der Waals surface area contributed by atoms with Crippen molar-refractivity contribution in [2.45, 2.75) is 194 Å². The zero-order chi connectivity index (χ0) is 33.9. The predicted molar refractivity (Wildman–Crippen MR) is 194 cm³/mol. The van der Waals surface area contributed by atoms with Crippen molar-refractivity contribution in [3.63, 3.8) is 0 Å². The number of unbranched alkanes of at least 4 members (excludes halogenated alkanes) is 21. The number of hydrogen-bond donors (Lipinski definition) is 3. The highest BCUT2D eigenvalue weighted by molar-refractivity contribution is 5.86. The van der Waals surface area contributed by atoms with E-state index in [0.29, 0.717) is 25.7 Å². The summed E-state index contributed by atoms with van der Waals surface area (Å²) in [5.74, 6) is -2.42. The molecule has 1 aliphatic carbocycles. The van der Waals surface area contributed by atoms with Gasteiger partial charge in [-0.3, -0.25) is 14.4 Å². The van der Waals surface area contributed by atoms with Gasteiger partial charge >= 0.3 is 0 Å². The highest BCUT2D eigenvalue weighted by atomic mass is 16.2. The second kappa shape index (κ2) is 27.3. The fraction of sp³-hybridized carbons (Fsp3) is 0.923. The van der Waals surface area contributed by atoms with Gasteiger partial charge in [0.15, 0.2) is 0 Å². The second-order valence-corrected chi connectivity index (χ2v) is 14.9. The van der Waals surface area contributed by atoms with Gasteiger partial charge in [-0.05, 0) is 64.6 Å². The van der Waals surface area contributed by atoms with E-state index in [-0.39, 0.29) is 0 Å². The van der Waals surface area contributed by atoms with E-state index in [1.54, 1.807) is 0 Å². The quantitative estimate of drug-likeness (QED) is 0.0628. The maximum atomic E-state index is 12.6. The van der Waals surface area contributed by atoms with Crippen molar-refractivity contribution >= 4 is 17.7 Å². The first-order chi connectivity index (χ1) is 22.3. The Balaban J connectivity index is 2.42. The van der Waals surface area contributed by atoms with Crippen molar-refractivity contribution in [1.29, 1.82) is 0 Å². The average Bonchev–Trinajstić information content (AvgIpc) is 3.03. The van der Waals surface area contributed by atoms with Crippen molar-refractivity contribution in [3.05, 3.63) is 0 Å². The van der Waals surface area contributed by atoms with Gasteiger partial charge in [0, 0.05) is 11.8 Å². The summed E-state index contributed by atoms with van der Waals surface area (Å²) in [7, 11) is 0. The third-order valence-electron chi connectivity index (χ3n) is 10.7. The minimum absolute atomic E-state index is 0.327. The molecule has 1 saturated carbocycles. The van der Waals surface area contributed by atoms with Crippen LogP contribution in [0.4, 0.5) is 0 Å². The lowest BCUT2D eigenvalue weighted by atomic mass is 9.62. The van der Waals surface area contributed by atoms with Gasteiger partial charge in [-0.2, -0.15) is 0 Å². The topological polar surface area (TPSA) is 133 Å². The molecule has 6 N–H and O–H groups in total. The summed E-state index contributed by atoms with van der Waals surface area (Å²) in [4.78, 5) is 39.3. The van der Waals surface area contributed by atoms with Crippen molar-refractivity contribution in [3.8, 4) is 0 Å². The van der Waals surface area contributed by atoms with Crippen LogP contribution in [0.2, 0.25) is 0 Å². The van der Waals surface area contributed by atoms with Crippen molar-refractivity contribution in [2.75, 3.05) is 19.6 Å². The Kier molecular flexibility index (Phi) is 25.2. The predicted octanol–water partition coefficient (Wildman–Crippen LogP) is 8.94. The third kappa shape index (κ3) is 19.9. The summed E-state index contributed by atoms with van der Waals surface area (Å²) in [6.45, 7) is 8.13. The third-order valence-corrected chi connectivity index (χ3v) is 10.7. The zero-order valence-electron chi connectivity index (χ0n) is 30.5. The van der Waals surface area contributed by atoms with E-state index in [1.165, 1.54) is 142 Å². The first-order valence-electron chi connectivity index (χ1n) is 19.9. The molecule has 0 aliphatic heterocycles. The number of rotatable bonds is 32. The molecule has 0 aromatic carbocycles. The van der Waals surface area contributed by atoms with Crippen LogP contribution in [0.3, 0.4) is 0 Å². The Hall–Kier alpha value is -1.63. The first-order valence-corrected chi connectivity index (χ1v) is 19.9. The van der Waals surface area contributed by atoms with Gasteiger partial charge in [-0.15, -0.1) is 0 Å². The summed E-state index contributed by atoms with van der Waals surface area (Å²) < 4.78 is 0. The number of nitrogens with zero attached hydrogens (tertiary/aromatic N) is 1. The molecular formula is C39H76N4O3. The maximum Gasteiger partial charge on any atom is 0.223 e. The molecule has 0 heterocycles. The zero-order valence-corrected chi connectivity index (χ0v) is 30.5. The number of primary amides is 3. The van der Waals surface area contributed by atoms with Crippen molar-refractivity contribution in [1.82, 2.24) is 4.90 Å². The Morgan fingerprint density at radius 3 is 1.11 bits per heavy atom. The molecule has 0 saturated heterocycles. The maximum absolute atomic E-state index is 12.6. The molecule has 0 aromatic heterocycles. The largest absolute Gasteiger partial charge is 0.369 e. The van der Waals surface area contributed by atoms with Gasteiger partial charge in [0.25, 0.3) is 0 Å². The minimum Gasteiger partial charge on any atom is -0.369 e. The van der Waals surface area contributed by atoms with E-state index in [0.717, 1.165) is 32.2 Å². The molecule has 1 rings (SSSR count). The van der Waals surface area contributed by atoms with Crippen LogP contribution in [0.25, 0.3) is 0 Å². The summed E-state index contributed by atoms with van der Waals surface area (Å²) in [5.41, 5.74) is 16.2. The van der Waals surface area contributed by atoms with Crippen LogP contribution in [0.15, 0.2) is 0 Å². The van der Waals surface area contributed by atoms with E-state index in [1.807, 2.05) is 0 Å². The molecule has 7 nitrogen and oxygen atoms in total. The van der Waals surface area contributed by atoms with E-state index >= 15 is 0 Å². The molecule has 270 valence electrons. The molecule has 2 atom stereocenters. The highest BCUT2D eigenvalue weighted by Crippen LogP contribution is 2.45. The number of carbonyl (C=O) groups excluding carboxylic acids is 3. The molecule has 0 spiro atoms. The summed E-state index contributed by atoms with van der Waals surface area (Å²) in [6, 6.07) is 0. The average molecular weight is 649 g/mol. The fourth-order valence-corrected chi connectivity index (χ4v) is 7.63. The van der Waals surface area contributed by atoms with Crippen molar-refractivity contribution in [2.24, 2.45) is 34.5 Å². The molecule has 0 bridgehead atoms. The molecular weight excluding hydrogens is 572 g/mol. The molecule has 0 aromatic rings. The van der Waals surface area contributed by atoms with Gasteiger partial charge in [0.05, 0.1) is 5.41 Å². The van der Waals surface area contributed by atoms with Gasteiger partial charge in [-0.1, -0.05) is 149 Å². The fourth-order valence-electron chi connectivity index (χ4n) is 7.63. The van der Waals surface area contributed by atoms with Crippen LogP contribution < -0.4 is 17.2 Å². The van der Waals surface area contributed by atoms with E-state index < -0.39 is 35.0 Å². The standard InChI is InChI=1S/C39H76N4O3/c1-3-5-7-9-11-13-15-17-20-24-28-43(29-25-21-18-16-14-12-10-8-6-4-2)30-26-22-19-23-27-39(38(42)46)32-34(36(40)44)31-35(33-39)37(41)45/h34-35H,3-33H2,1-2H3,(H2,40,44)(H2,41,45)(H2,42,46). The Morgan fingerprint density at radius 2 is 0.804 bits per heavy atom. The summed E-state index contributed by atoms with van der Waals surface area (Å²) in [5, 5.41) is 0. The first kappa shape index (κ1) is 42.4. The van der Waals surface area contributed by atoms with E-state index in [4.69, 9.17) is 17.2 Å². The number of amides is 3. The normalized spacial score (nSPS) is 19.9. The summed E-state index contributed by atoms with van der Waals surface area (Å²) >= 11 is 0. The van der Waals surface area contributed by atoms with Crippen molar-refractivity contribution < 1.29 is 14.4 Å². The molecule has 7 heteroatoms. The lowest BCUT2D eigenvalue weighted by Gasteiger charge is -2.40. The number of nitrogens with two attached hydrogens (primary N) is 3. The van der Waals surface area contributed by atoms with E-state index in [9.17, 15) is 14.4 Å². The SMILES string of the molecule is CCCCCCCCCCCCN(CCCCCCCCCCCC)CCCCCCC1(C(N)=O)CC(C(N)=O)CC(C(N)=O)C1. The molecule has 46 heavy (non-hydrogen) atoms. The Bertz CT molecular complexity index is 743. The molecule has 1 aliphatic rings. The van der Waals surface area contributed by atoms with Gasteiger partial charge < -0.3 is 22.1 Å². The molecule has 0 radical (unpaired) electrons. The Morgan fingerprint density at radius 1 is 0.500 bits per heavy atom. The summed E-state index contributed by atoms with van der Waals surface area (Å²) in [6.07, 6.45) is 33.2. The molecule has 3 amide bonds. The van der Waals surface area contributed by atoms with Crippen LogP contribution in [0, 0.1) is 17.3 Å². The monoisotopic (exact) mass is 649 g/mol. The number of carbonyl (C=O) groups is 3. The lowest BCUT2D eigenvalue weighted by Crippen LogP contribution is -2.48. The highest BCUT2D eigenvalue weighted by Gasteiger charge is 2.47. The van der Waals surface area contributed by atoms with Crippen LogP contribution in [0.5, 0.6) is 0 Å². The molecule has 1 fully saturated rings. The Labute approximate surface area is 284 Å². The van der Waals surface area contributed by atoms with Crippen LogP contribution >= 0.6 is 0 Å². The minimum atomic E-state index is -0.866. The van der Waals surface area contributed by atoms with Crippen LogP contribution in [0.1, 0.15) is 194 Å². The second-order valence-electron chi connectivity index (χ2n) is 14.9. The van der Waals surface area contributed by atoms with Gasteiger partial charge in [0.2, 0.25) is 17.7 Å². The lowest BCUT2D eigenvalue weighted by molar-refractivity contribution is -0.138. The smallest absolute Gasteiger partial charge is 0.223 e. The van der Waals surface area contributed by atoms with Gasteiger partial charge in [0.1, 0.15) is 0 Å². The van der Waals surface area contributed by atoms with E-state index in [2.05, 4.69) is 18.7 Å². The molecule has 2 unspecified atom stereocenters. The van der Waals surface area contributed by atoms with Gasteiger partial charge in [-0.25, -0.2) is 0 Å². The van der Waals surface area contributed by atoms with Crippen LogP contribution in [-0.4, -0.2) is 42.3 Å².